The Balaban J connectivity index is 2.27. The molecule has 0 unspecified atom stereocenters. The molecular weight excluding hydrogens is 287 g/mol. The summed E-state index contributed by atoms with van der Waals surface area (Å²) in [6.45, 7) is 0. The fraction of sp³-hybridized carbons (Fsp3) is 0. The van der Waals surface area contributed by atoms with Crippen LogP contribution in [0.4, 0.5) is 5.69 Å². The first kappa shape index (κ1) is 13.3. The topological polar surface area (TPSA) is 78.7 Å². The predicted molar refractivity (Wildman–Crippen MR) is 71.2 cm³/mol. The van der Waals surface area contributed by atoms with Crippen LogP contribution in [-0.4, -0.2) is 15.9 Å². The number of hydrogen-bond acceptors (Lipinski definition) is 4. The number of nitrogens with zero attached hydrogens (tertiary/aromatic N) is 3. The SMILES string of the molecule is N#Cc1ccc(Cl)c(NC(=O)c2cncc(Cl)n2)c1. The van der Waals surface area contributed by atoms with Crippen molar-refractivity contribution in [3.63, 3.8) is 0 Å². The highest BCUT2D eigenvalue weighted by Gasteiger charge is 2.11. The van der Waals surface area contributed by atoms with E-state index in [9.17, 15) is 4.79 Å². The lowest BCUT2D eigenvalue weighted by Gasteiger charge is -2.06. The molecule has 2 rings (SSSR count). The summed E-state index contributed by atoms with van der Waals surface area (Å²) in [4.78, 5) is 19.5. The lowest BCUT2D eigenvalue weighted by Crippen LogP contribution is -2.14. The van der Waals surface area contributed by atoms with Gasteiger partial charge >= 0.3 is 0 Å². The van der Waals surface area contributed by atoms with Gasteiger partial charge in [0, 0.05) is 0 Å². The highest BCUT2D eigenvalue weighted by atomic mass is 35.5. The second-order valence-corrected chi connectivity index (χ2v) is 4.28. The van der Waals surface area contributed by atoms with Gasteiger partial charge in [0.15, 0.2) is 0 Å². The number of rotatable bonds is 2. The Morgan fingerprint density at radius 3 is 2.79 bits per heavy atom. The van der Waals surface area contributed by atoms with Crippen LogP contribution >= 0.6 is 23.2 Å². The maximum atomic E-state index is 11.9. The second kappa shape index (κ2) is 5.65. The van der Waals surface area contributed by atoms with E-state index in [1.165, 1.54) is 24.5 Å². The molecule has 94 valence electrons. The molecule has 0 aliphatic carbocycles. The average molecular weight is 293 g/mol. The lowest BCUT2D eigenvalue weighted by molar-refractivity contribution is 0.102. The molecule has 0 radical (unpaired) electrons. The van der Waals surface area contributed by atoms with Gasteiger partial charge in [-0.15, -0.1) is 0 Å². The van der Waals surface area contributed by atoms with Crippen LogP contribution in [0, 0.1) is 11.3 Å². The number of amides is 1. The van der Waals surface area contributed by atoms with Crippen molar-refractivity contribution in [3.8, 4) is 6.07 Å². The Hall–Kier alpha value is -2.16. The van der Waals surface area contributed by atoms with Crippen LogP contribution in [0.3, 0.4) is 0 Å². The summed E-state index contributed by atoms with van der Waals surface area (Å²) in [7, 11) is 0. The molecule has 1 aromatic heterocycles. The fourth-order valence-corrected chi connectivity index (χ4v) is 1.64. The molecule has 7 heteroatoms. The first-order valence-corrected chi connectivity index (χ1v) is 5.84. The number of nitriles is 1. The molecule has 0 aliphatic rings. The highest BCUT2D eigenvalue weighted by Crippen LogP contribution is 2.23. The smallest absolute Gasteiger partial charge is 0.275 e. The van der Waals surface area contributed by atoms with E-state index in [0.717, 1.165) is 0 Å². The summed E-state index contributed by atoms with van der Waals surface area (Å²) in [6.07, 6.45) is 2.60. The summed E-state index contributed by atoms with van der Waals surface area (Å²) < 4.78 is 0. The number of benzene rings is 1. The molecule has 1 heterocycles. The summed E-state index contributed by atoms with van der Waals surface area (Å²) in [5.41, 5.74) is 0.773. The lowest BCUT2D eigenvalue weighted by atomic mass is 10.2. The van der Waals surface area contributed by atoms with Gasteiger partial charge in [-0.25, -0.2) is 4.98 Å². The molecule has 1 aromatic carbocycles. The van der Waals surface area contributed by atoms with Crippen LogP contribution in [0.25, 0.3) is 0 Å². The second-order valence-electron chi connectivity index (χ2n) is 3.49. The van der Waals surface area contributed by atoms with Gasteiger partial charge in [-0.05, 0) is 18.2 Å². The molecule has 1 amide bonds. The maximum absolute atomic E-state index is 11.9. The Bertz CT molecular complexity index is 682. The minimum absolute atomic E-state index is 0.0610. The van der Waals surface area contributed by atoms with Crippen molar-refractivity contribution >= 4 is 34.8 Å². The van der Waals surface area contributed by atoms with Crippen molar-refractivity contribution in [2.45, 2.75) is 0 Å². The number of anilines is 1. The quantitative estimate of drug-likeness (QED) is 0.923. The molecule has 1 N–H and O–H groups in total. The van der Waals surface area contributed by atoms with Crippen molar-refractivity contribution in [2.24, 2.45) is 0 Å². The average Bonchev–Trinajstić information content (AvgIpc) is 2.41. The summed E-state index contributed by atoms with van der Waals surface area (Å²) in [6, 6.07) is 6.51. The number of aromatic nitrogens is 2. The van der Waals surface area contributed by atoms with E-state index < -0.39 is 5.91 Å². The van der Waals surface area contributed by atoms with E-state index in [0.29, 0.717) is 16.3 Å². The molecule has 5 nitrogen and oxygen atoms in total. The van der Waals surface area contributed by atoms with E-state index in [4.69, 9.17) is 28.5 Å². The highest BCUT2D eigenvalue weighted by molar-refractivity contribution is 6.34. The standard InChI is InChI=1S/C12H6Cl2N4O/c13-8-2-1-7(4-15)3-9(8)18-12(19)10-5-16-6-11(14)17-10/h1-3,5-6H,(H,18,19). The largest absolute Gasteiger partial charge is 0.319 e. The third-order valence-corrected chi connectivity index (χ3v) is 2.69. The zero-order chi connectivity index (χ0) is 13.8. The first-order valence-electron chi connectivity index (χ1n) is 5.08. The normalized spacial score (nSPS) is 9.74. The first-order chi connectivity index (χ1) is 9.10. The molecule has 0 atom stereocenters. The Morgan fingerprint density at radius 1 is 1.32 bits per heavy atom. The predicted octanol–water partition coefficient (Wildman–Crippen LogP) is 2.91. The van der Waals surface area contributed by atoms with Gasteiger partial charge in [0.05, 0.1) is 34.7 Å². The van der Waals surface area contributed by atoms with Gasteiger partial charge in [0.25, 0.3) is 5.91 Å². The van der Waals surface area contributed by atoms with Crippen molar-refractivity contribution in [3.05, 3.63) is 52.0 Å². The van der Waals surface area contributed by atoms with Crippen LogP contribution in [0.1, 0.15) is 16.1 Å². The maximum Gasteiger partial charge on any atom is 0.275 e. The fourth-order valence-electron chi connectivity index (χ4n) is 1.33. The van der Waals surface area contributed by atoms with E-state index >= 15 is 0 Å². The molecule has 0 fully saturated rings. The van der Waals surface area contributed by atoms with E-state index in [1.54, 1.807) is 6.07 Å². The molecule has 0 aliphatic heterocycles. The summed E-state index contributed by atoms with van der Waals surface area (Å²) >= 11 is 11.6. The van der Waals surface area contributed by atoms with Gasteiger partial charge in [-0.1, -0.05) is 23.2 Å². The van der Waals surface area contributed by atoms with E-state index in [-0.39, 0.29) is 10.8 Å². The molecule has 0 saturated heterocycles. The minimum Gasteiger partial charge on any atom is -0.319 e. The van der Waals surface area contributed by atoms with Crippen molar-refractivity contribution in [1.29, 1.82) is 5.26 Å². The summed E-state index contributed by atoms with van der Waals surface area (Å²) in [5.74, 6) is -0.507. The van der Waals surface area contributed by atoms with Crippen LogP contribution in [0.2, 0.25) is 10.2 Å². The van der Waals surface area contributed by atoms with Crippen molar-refractivity contribution in [1.82, 2.24) is 9.97 Å². The molecule has 0 saturated carbocycles. The van der Waals surface area contributed by atoms with Gasteiger partial charge in [-0.3, -0.25) is 9.78 Å². The van der Waals surface area contributed by atoms with E-state index in [1.807, 2.05) is 6.07 Å². The monoisotopic (exact) mass is 292 g/mol. The number of hydrogen-bond donors (Lipinski definition) is 1. The molecular formula is C12H6Cl2N4O. The van der Waals surface area contributed by atoms with Crippen LogP contribution in [-0.2, 0) is 0 Å². The number of carbonyl (C=O) groups excluding carboxylic acids is 1. The summed E-state index contributed by atoms with van der Waals surface area (Å²) in [5, 5.41) is 11.8. The van der Waals surface area contributed by atoms with Crippen LogP contribution in [0.5, 0.6) is 0 Å². The van der Waals surface area contributed by atoms with E-state index in [2.05, 4.69) is 15.3 Å². The van der Waals surface area contributed by atoms with Gasteiger partial charge in [0.2, 0.25) is 0 Å². The van der Waals surface area contributed by atoms with Crippen molar-refractivity contribution < 1.29 is 4.79 Å². The number of carbonyl (C=O) groups is 1. The number of nitrogens with one attached hydrogen (secondary N) is 1. The van der Waals surface area contributed by atoms with Gasteiger partial charge in [-0.2, -0.15) is 5.26 Å². The third-order valence-electron chi connectivity index (χ3n) is 2.18. The molecule has 2 aromatic rings. The van der Waals surface area contributed by atoms with Gasteiger partial charge in [0.1, 0.15) is 10.8 Å². The van der Waals surface area contributed by atoms with Gasteiger partial charge < -0.3 is 5.32 Å². The van der Waals surface area contributed by atoms with Crippen LogP contribution < -0.4 is 5.32 Å². The molecule has 19 heavy (non-hydrogen) atoms. The van der Waals surface area contributed by atoms with Crippen molar-refractivity contribution in [2.75, 3.05) is 5.32 Å². The zero-order valence-electron chi connectivity index (χ0n) is 9.39. The van der Waals surface area contributed by atoms with Crippen LogP contribution in [0.15, 0.2) is 30.6 Å². The molecule has 0 bridgehead atoms. The Morgan fingerprint density at radius 2 is 2.11 bits per heavy atom. The minimum atomic E-state index is -0.507. The third kappa shape index (κ3) is 3.19. The Labute approximate surface area is 118 Å². The molecule has 0 spiro atoms. The zero-order valence-corrected chi connectivity index (χ0v) is 10.9. The number of halogens is 2. The Kier molecular flexibility index (Phi) is 3.95.